The second-order valence-electron chi connectivity index (χ2n) is 24.8. The van der Waals surface area contributed by atoms with Crippen molar-refractivity contribution in [1.82, 2.24) is 50.1 Å². The second-order valence-corrected chi connectivity index (χ2v) is 24.8. The first-order chi connectivity index (χ1) is 52.2. The zero-order valence-corrected chi connectivity index (χ0v) is 59.2. The van der Waals surface area contributed by atoms with Crippen molar-refractivity contribution in [2.24, 2.45) is 5.92 Å². The molecule has 8 aromatic carbocycles. The van der Waals surface area contributed by atoms with Gasteiger partial charge in [-0.3, -0.25) is 33.6 Å². The lowest BCUT2D eigenvalue weighted by Crippen LogP contribution is -2.37. The van der Waals surface area contributed by atoms with Gasteiger partial charge in [0.15, 0.2) is 51.8 Å². The zero-order chi connectivity index (χ0) is 76.6. The van der Waals surface area contributed by atoms with Crippen LogP contribution in [0, 0.1) is 17.2 Å². The SMILES string of the molecule is CC(=O)c1cccc(-c2cnc(N)c(C(=O)Nc3ccccc3)n2)c1.CC1CCC(NC(=O)c2ccc(-c3cnc(N)c(C(=O)Nc4ccccc4)n3)cc2)CC1.CN(C)C(=O)c1ccc(-c2cnc(N)c(C(=O)Nc3ccccc3)n2)cc1.N#Cc1ccc(-c2cnc(N)c(C(=O)Nc3ccccc3)n2)cc1.[HH].[HH].[HH].[HH].[HH].[HH].[HH].[HH].[HH]. The highest BCUT2D eigenvalue weighted by molar-refractivity contribution is 6.08. The third kappa shape index (κ3) is 20.8. The van der Waals surface area contributed by atoms with Gasteiger partial charge in [0.1, 0.15) is 0 Å². The number of hydrogen-bond donors (Lipinski definition) is 9. The molecule has 0 spiro atoms. The summed E-state index contributed by atoms with van der Waals surface area (Å²) in [5, 5.41) is 23.0. The van der Waals surface area contributed by atoms with Crippen molar-refractivity contribution >= 4 is 87.2 Å². The average Bonchev–Trinajstić information content (AvgIpc) is 0.829. The predicted molar refractivity (Wildman–Crippen MR) is 436 cm³/mol. The van der Waals surface area contributed by atoms with Crippen molar-refractivity contribution in [3.8, 4) is 51.1 Å². The van der Waals surface area contributed by atoms with Gasteiger partial charge in [-0.2, -0.15) is 5.26 Å². The molecule has 12 aromatic rings. The highest BCUT2D eigenvalue weighted by atomic mass is 16.2. The van der Waals surface area contributed by atoms with E-state index in [4.69, 9.17) is 28.2 Å². The van der Waals surface area contributed by atoms with E-state index in [9.17, 15) is 33.6 Å². The summed E-state index contributed by atoms with van der Waals surface area (Å²) >= 11 is 0. The fraction of sp³-hybridized carbons (Fsp3) is 0.122. The number of carbonyl (C=O) groups is 7. The van der Waals surface area contributed by atoms with Gasteiger partial charge in [-0.05, 0) is 130 Å². The Balaban J connectivity index is 0.000000765. The summed E-state index contributed by atoms with van der Waals surface area (Å²) in [6, 6.07) is 66.3. The van der Waals surface area contributed by atoms with Crippen LogP contribution in [0.5, 0.6) is 0 Å². The zero-order valence-electron chi connectivity index (χ0n) is 59.2. The Morgan fingerprint density at radius 3 is 1.05 bits per heavy atom. The number of benzene rings is 8. The highest BCUT2D eigenvalue weighted by Gasteiger charge is 2.23. The van der Waals surface area contributed by atoms with Crippen molar-refractivity contribution in [3.05, 3.63) is 288 Å². The second kappa shape index (κ2) is 36.4. The molecule has 1 aliphatic carbocycles. The lowest BCUT2D eigenvalue weighted by atomic mass is 9.87. The van der Waals surface area contributed by atoms with E-state index in [0.29, 0.717) is 73.3 Å². The molecule has 0 radical (unpaired) electrons. The third-order valence-corrected chi connectivity index (χ3v) is 16.7. The van der Waals surface area contributed by atoms with Gasteiger partial charge in [-0.15, -0.1) is 0 Å². The Hall–Kier alpha value is -14.7. The number of nitrogens with one attached hydrogen (secondary N) is 5. The Morgan fingerprint density at radius 2 is 0.722 bits per heavy atom. The van der Waals surface area contributed by atoms with E-state index in [2.05, 4.69) is 79.4 Å². The maximum Gasteiger partial charge on any atom is 0.278 e. The number of nitrogen functional groups attached to an aromatic ring is 4. The molecule has 13 rings (SSSR count). The molecule has 1 saturated carbocycles. The first-order valence-corrected chi connectivity index (χ1v) is 34.0. The Labute approximate surface area is 635 Å². The Morgan fingerprint density at radius 1 is 0.398 bits per heavy atom. The normalized spacial score (nSPS) is 12.5. The number of nitrogens with two attached hydrogens (primary N) is 4. The first-order valence-electron chi connectivity index (χ1n) is 34.0. The van der Waals surface area contributed by atoms with E-state index in [0.717, 1.165) is 48.3 Å². The van der Waals surface area contributed by atoms with E-state index in [-0.39, 0.29) is 82.5 Å². The number of anilines is 8. The highest BCUT2D eigenvalue weighted by Crippen LogP contribution is 2.28. The molecule has 1 fully saturated rings. The van der Waals surface area contributed by atoms with Crippen LogP contribution in [0.2, 0.25) is 0 Å². The number of ketones is 1. The lowest BCUT2D eigenvalue weighted by molar-refractivity contribution is 0.0826. The van der Waals surface area contributed by atoms with E-state index in [1.54, 1.807) is 160 Å². The van der Waals surface area contributed by atoms with Gasteiger partial charge in [0.05, 0.1) is 59.2 Å². The summed E-state index contributed by atoms with van der Waals surface area (Å²) in [6.45, 7) is 3.75. The van der Waals surface area contributed by atoms with Gasteiger partial charge in [-0.1, -0.05) is 134 Å². The molecule has 0 aliphatic heterocycles. The molecule has 0 atom stereocenters. The summed E-state index contributed by atoms with van der Waals surface area (Å²) in [4.78, 5) is 121. The number of hydrogen-bond acceptors (Lipinski definition) is 20. The Kier molecular flexibility index (Phi) is 25.6. The molecule has 4 heterocycles. The van der Waals surface area contributed by atoms with Crippen LogP contribution >= 0.6 is 0 Å². The maximum atomic E-state index is 12.6. The van der Waals surface area contributed by atoms with Gasteiger partial charge >= 0.3 is 0 Å². The van der Waals surface area contributed by atoms with Crippen LogP contribution in [-0.2, 0) is 0 Å². The summed E-state index contributed by atoms with van der Waals surface area (Å²) in [5.74, 6) is -1.01. The molecule has 4 aromatic heterocycles. The molecule has 26 heteroatoms. The van der Waals surface area contributed by atoms with E-state index < -0.39 is 23.6 Å². The van der Waals surface area contributed by atoms with Crippen molar-refractivity contribution < 1.29 is 46.4 Å². The van der Waals surface area contributed by atoms with Crippen LogP contribution in [0.4, 0.5) is 46.0 Å². The van der Waals surface area contributed by atoms with Crippen molar-refractivity contribution in [2.75, 3.05) is 58.3 Å². The fourth-order valence-corrected chi connectivity index (χ4v) is 10.8. The molecule has 13 N–H and O–H groups in total. The van der Waals surface area contributed by atoms with Crippen LogP contribution < -0.4 is 49.5 Å². The van der Waals surface area contributed by atoms with Crippen LogP contribution in [-0.4, -0.2) is 106 Å². The van der Waals surface area contributed by atoms with E-state index in [1.165, 1.54) is 36.6 Å². The number of carbonyl (C=O) groups excluding carboxylic acids is 7. The number of amides is 6. The van der Waals surface area contributed by atoms with Crippen LogP contribution in [0.15, 0.2) is 243 Å². The first kappa shape index (κ1) is 75.9. The molecule has 108 heavy (non-hydrogen) atoms. The standard InChI is InChI=1S/C25H27N5O2.C20H19N5O2.C19H16N4O2.C18H13N5O.9H2/c1-16-7-13-20(14-8-16)28-24(31)18-11-9-17(10-12-18)21-15-27-23(26)22(30-21)25(32)29-19-5-3-2-4-6-19;1-25(2)20(27)14-10-8-13(9-11-14)16-12-22-18(21)17(24-16)19(26)23-15-6-4-3-5-7-15;1-12(24)13-6-5-7-14(10-13)16-11-21-18(20)17(23-16)19(25)22-15-8-3-2-4-9-15;19-10-12-6-8-13(9-7-12)15-11-21-17(20)16(23-15)18(24)22-14-4-2-1-3-5-14;;;;;;;;;/h2-6,9-12,15-16,20H,7-8,13-14H2,1H3,(H2,26,27)(H,28,31)(H,29,32);3-12H,1-2H3,(H2,21,22)(H,23,26);2-11H,1H3,(H2,20,21)(H,22,25);1-9,11H,(H2,20,21)(H,22,24);9*1H. The maximum absolute atomic E-state index is 12.6. The smallest absolute Gasteiger partial charge is 0.278 e. The summed E-state index contributed by atoms with van der Waals surface area (Å²) < 4.78 is 0. The number of rotatable bonds is 16. The summed E-state index contributed by atoms with van der Waals surface area (Å²) in [7, 11) is 3.39. The third-order valence-electron chi connectivity index (χ3n) is 16.7. The molecular weight excluding hydrogens is 1360 g/mol. The number of aromatic nitrogens is 8. The molecule has 26 nitrogen and oxygen atoms in total. The van der Waals surface area contributed by atoms with Gasteiger partial charge in [0.2, 0.25) is 0 Å². The minimum Gasteiger partial charge on any atom is -0.382 e. The summed E-state index contributed by atoms with van der Waals surface area (Å²) in [5.41, 5.74) is 33.2. The minimum atomic E-state index is -0.444. The van der Waals surface area contributed by atoms with Crippen molar-refractivity contribution in [3.63, 3.8) is 0 Å². The molecule has 6 amide bonds. The number of Topliss-reactive ketones (excluding diaryl/α,β-unsaturated/α-hetero) is 1. The van der Waals surface area contributed by atoms with Crippen molar-refractivity contribution in [2.45, 2.75) is 45.6 Å². The fourth-order valence-electron chi connectivity index (χ4n) is 10.8. The van der Waals surface area contributed by atoms with Crippen LogP contribution in [0.25, 0.3) is 45.0 Å². The molecule has 0 saturated heterocycles. The molecular formula is C82H93N19O7. The summed E-state index contributed by atoms with van der Waals surface area (Å²) in [6.07, 6.45) is 10.4. The quantitative estimate of drug-likeness (QED) is 0.0406. The van der Waals surface area contributed by atoms with Gasteiger partial charge in [0.25, 0.3) is 35.4 Å². The molecule has 0 unspecified atom stereocenters. The molecule has 0 bridgehead atoms. The van der Waals surface area contributed by atoms with E-state index in [1.807, 2.05) is 72.8 Å². The number of nitriles is 1. The largest absolute Gasteiger partial charge is 0.382 e. The average molecular weight is 1460 g/mol. The molecule has 1 aliphatic rings. The monoisotopic (exact) mass is 1460 g/mol. The van der Waals surface area contributed by atoms with E-state index >= 15 is 0 Å². The Bertz CT molecular complexity index is 5270. The van der Waals surface area contributed by atoms with Crippen LogP contribution in [0.1, 0.15) is 131 Å². The predicted octanol–water partition coefficient (Wildman–Crippen LogP) is 15.2. The van der Waals surface area contributed by atoms with Crippen molar-refractivity contribution in [1.29, 1.82) is 5.26 Å². The number of nitrogens with zero attached hydrogens (tertiary/aromatic N) is 10. The number of para-hydroxylation sites is 4. The minimum absolute atomic E-state index is 0. The lowest BCUT2D eigenvalue weighted by Gasteiger charge is -2.26. The van der Waals surface area contributed by atoms with Gasteiger partial charge in [-0.25, -0.2) is 39.9 Å². The van der Waals surface area contributed by atoms with Crippen LogP contribution in [0.3, 0.4) is 0 Å². The van der Waals surface area contributed by atoms with Gasteiger partial charge < -0.3 is 54.4 Å². The topological polar surface area (TPSA) is 414 Å². The van der Waals surface area contributed by atoms with Gasteiger partial charge in [0, 0.05) is 94.7 Å². The molecule has 558 valence electrons.